The number of carbonyl (C=O) groups is 1. The van der Waals surface area contributed by atoms with Gasteiger partial charge in [-0.3, -0.25) is 0 Å². The maximum absolute atomic E-state index is 13.3. The lowest BCUT2D eigenvalue weighted by molar-refractivity contribution is -0.137. The summed E-state index contributed by atoms with van der Waals surface area (Å²) < 4.78 is 47.4. The van der Waals surface area contributed by atoms with Crippen molar-refractivity contribution in [2.75, 3.05) is 10.6 Å². The molecule has 0 radical (unpaired) electrons. The van der Waals surface area contributed by atoms with Crippen molar-refractivity contribution in [1.29, 1.82) is 0 Å². The number of alkyl halides is 3. The van der Waals surface area contributed by atoms with Crippen molar-refractivity contribution in [3.05, 3.63) is 96.6 Å². The molecule has 0 aliphatic carbocycles. The lowest BCUT2D eigenvalue weighted by Gasteiger charge is -2.16. The number of carbonyl (C=O) groups excluding carboxylic acids is 1. The number of urea groups is 1. The number of aryl methyl sites for hydroxylation is 2. The third kappa shape index (κ3) is 6.30. The fourth-order valence-electron chi connectivity index (χ4n) is 3.96. The number of nitrogens with one attached hydrogen (secondary N) is 2. The molecule has 0 atom stereocenters. The van der Waals surface area contributed by atoms with Gasteiger partial charge in [0, 0.05) is 24.5 Å². The molecule has 10 nitrogen and oxygen atoms in total. The highest BCUT2D eigenvalue weighted by molar-refractivity contribution is 6.01. The van der Waals surface area contributed by atoms with E-state index >= 15 is 0 Å². The highest BCUT2D eigenvalue weighted by atomic mass is 19.4. The van der Waals surface area contributed by atoms with Gasteiger partial charge in [0.25, 0.3) is 0 Å². The van der Waals surface area contributed by atoms with Crippen molar-refractivity contribution < 1.29 is 22.7 Å². The van der Waals surface area contributed by atoms with Crippen molar-refractivity contribution >= 4 is 17.4 Å². The Morgan fingerprint density at radius 1 is 1.02 bits per heavy atom. The predicted molar refractivity (Wildman–Crippen MR) is 145 cm³/mol. The predicted octanol–water partition coefficient (Wildman–Crippen LogP) is 6.45. The quantitative estimate of drug-likeness (QED) is 0.235. The Balaban J connectivity index is 1.34. The minimum absolute atomic E-state index is 0.0990. The highest BCUT2D eigenvalue weighted by Crippen LogP contribution is 2.34. The number of ether oxygens (including phenoxy) is 1. The van der Waals surface area contributed by atoms with E-state index in [9.17, 15) is 18.0 Å². The number of amides is 2. The zero-order valence-corrected chi connectivity index (χ0v) is 21.8. The molecule has 3 aromatic heterocycles. The minimum Gasteiger partial charge on any atom is -0.438 e. The summed E-state index contributed by atoms with van der Waals surface area (Å²) in [5.41, 5.74) is 1.63. The van der Waals surface area contributed by atoms with Crippen LogP contribution in [0.15, 0.2) is 79.6 Å². The maximum atomic E-state index is 13.3. The topological polar surface area (TPSA) is 120 Å². The van der Waals surface area contributed by atoms with Crippen molar-refractivity contribution in [2.24, 2.45) is 0 Å². The zero-order chi connectivity index (χ0) is 29.0. The second-order valence-electron chi connectivity index (χ2n) is 8.80. The fraction of sp³-hybridized carbons (Fsp3) is 0.143. The molecule has 3 heterocycles. The standard InChI is InChI=1S/C28H23F3N8O2/c1-3-25-33-12-10-21(37-25)20-5-4-11-34-26(20)41-24-9-7-19(13-17(24)2)36-27(40)38-22-14-18(28(29,30)31)6-8-23(22)39-16-32-15-35-39/h4-16H,3H2,1-2H3,(H2,36,38,40). The minimum atomic E-state index is -4.60. The first-order valence-corrected chi connectivity index (χ1v) is 12.4. The number of halogens is 3. The van der Waals surface area contributed by atoms with Crippen LogP contribution in [-0.2, 0) is 12.6 Å². The number of rotatable bonds is 7. The van der Waals surface area contributed by atoms with Crippen LogP contribution in [0.2, 0.25) is 0 Å². The Morgan fingerprint density at radius 2 is 1.88 bits per heavy atom. The third-order valence-corrected chi connectivity index (χ3v) is 5.95. The Morgan fingerprint density at radius 3 is 2.61 bits per heavy atom. The summed E-state index contributed by atoms with van der Waals surface area (Å²) in [5.74, 6) is 1.53. The van der Waals surface area contributed by atoms with Crippen molar-refractivity contribution in [3.8, 4) is 28.6 Å². The maximum Gasteiger partial charge on any atom is 0.416 e. The molecule has 5 rings (SSSR count). The van der Waals surface area contributed by atoms with Gasteiger partial charge in [-0.1, -0.05) is 6.92 Å². The molecule has 0 fully saturated rings. The Bertz CT molecular complexity index is 1690. The van der Waals surface area contributed by atoms with Crippen LogP contribution in [-0.4, -0.2) is 35.7 Å². The van der Waals surface area contributed by atoms with Crippen LogP contribution in [0.3, 0.4) is 0 Å². The second kappa shape index (κ2) is 11.4. The van der Waals surface area contributed by atoms with Crippen molar-refractivity contribution in [3.63, 3.8) is 0 Å². The summed E-state index contributed by atoms with van der Waals surface area (Å²) >= 11 is 0. The number of benzene rings is 2. The highest BCUT2D eigenvalue weighted by Gasteiger charge is 2.31. The number of pyridine rings is 1. The number of nitrogens with zero attached hydrogens (tertiary/aromatic N) is 6. The molecule has 208 valence electrons. The van der Waals surface area contributed by atoms with E-state index in [4.69, 9.17) is 4.74 Å². The van der Waals surface area contributed by atoms with Gasteiger partial charge in [0.15, 0.2) is 0 Å². The van der Waals surface area contributed by atoms with E-state index in [2.05, 4.69) is 35.7 Å². The molecule has 0 spiro atoms. The monoisotopic (exact) mass is 560 g/mol. The van der Waals surface area contributed by atoms with Crippen LogP contribution in [0, 0.1) is 6.92 Å². The summed E-state index contributed by atoms with van der Waals surface area (Å²) in [6.07, 6.45) is 1.92. The molecular formula is C28H23F3N8O2. The summed E-state index contributed by atoms with van der Waals surface area (Å²) in [6.45, 7) is 3.75. The van der Waals surface area contributed by atoms with Gasteiger partial charge in [0.1, 0.15) is 24.2 Å². The number of hydrogen-bond acceptors (Lipinski definition) is 7. The Kier molecular flexibility index (Phi) is 7.59. The van der Waals surface area contributed by atoms with Crippen molar-refractivity contribution in [2.45, 2.75) is 26.4 Å². The average molecular weight is 561 g/mol. The molecule has 0 aliphatic rings. The van der Waals surface area contributed by atoms with E-state index in [0.29, 0.717) is 46.4 Å². The van der Waals surface area contributed by atoms with Gasteiger partial charge in [-0.15, -0.1) is 0 Å². The van der Waals surface area contributed by atoms with E-state index in [1.165, 1.54) is 23.4 Å². The molecule has 41 heavy (non-hydrogen) atoms. The van der Waals surface area contributed by atoms with Gasteiger partial charge in [0.05, 0.1) is 28.2 Å². The largest absolute Gasteiger partial charge is 0.438 e. The molecule has 0 bridgehead atoms. The van der Waals surface area contributed by atoms with E-state index in [1.807, 2.05) is 13.0 Å². The van der Waals surface area contributed by atoms with Gasteiger partial charge in [-0.25, -0.2) is 29.4 Å². The molecule has 2 amide bonds. The molecule has 2 aromatic carbocycles. The average Bonchev–Trinajstić information content (AvgIpc) is 3.49. The van der Waals surface area contributed by atoms with E-state index in [-0.39, 0.29) is 11.4 Å². The molecule has 0 saturated carbocycles. The Hall–Kier alpha value is -5.33. The van der Waals surface area contributed by atoms with Crippen LogP contribution < -0.4 is 15.4 Å². The van der Waals surface area contributed by atoms with Gasteiger partial charge in [-0.2, -0.15) is 18.3 Å². The van der Waals surface area contributed by atoms with Crippen LogP contribution in [0.1, 0.15) is 23.9 Å². The molecular weight excluding hydrogens is 537 g/mol. The van der Waals surface area contributed by atoms with Gasteiger partial charge >= 0.3 is 12.2 Å². The molecule has 5 aromatic rings. The Labute approximate surface area is 232 Å². The van der Waals surface area contributed by atoms with Crippen LogP contribution in [0.25, 0.3) is 16.9 Å². The molecule has 0 aliphatic heterocycles. The molecule has 2 N–H and O–H groups in total. The summed E-state index contributed by atoms with van der Waals surface area (Å²) in [6, 6.07) is 12.5. The molecule has 0 saturated heterocycles. The lowest BCUT2D eigenvalue weighted by atomic mass is 10.1. The SMILES string of the molecule is CCc1nccc(-c2cccnc2Oc2ccc(NC(=O)Nc3cc(C(F)(F)F)ccc3-n3cncn3)cc2C)n1. The van der Waals surface area contributed by atoms with E-state index < -0.39 is 17.8 Å². The van der Waals surface area contributed by atoms with Crippen molar-refractivity contribution in [1.82, 2.24) is 29.7 Å². The first kappa shape index (κ1) is 27.2. The van der Waals surface area contributed by atoms with E-state index in [1.54, 1.807) is 49.6 Å². The van der Waals surface area contributed by atoms with Gasteiger partial charge in [0.2, 0.25) is 5.88 Å². The smallest absolute Gasteiger partial charge is 0.416 e. The fourth-order valence-corrected chi connectivity index (χ4v) is 3.96. The van der Waals surface area contributed by atoms with Crippen LogP contribution >= 0.6 is 0 Å². The summed E-state index contributed by atoms with van der Waals surface area (Å²) in [7, 11) is 0. The van der Waals surface area contributed by atoms with Crippen LogP contribution in [0.5, 0.6) is 11.6 Å². The van der Waals surface area contributed by atoms with E-state index in [0.717, 1.165) is 12.1 Å². The van der Waals surface area contributed by atoms with Crippen LogP contribution in [0.4, 0.5) is 29.3 Å². The summed E-state index contributed by atoms with van der Waals surface area (Å²) in [4.78, 5) is 29.8. The third-order valence-electron chi connectivity index (χ3n) is 5.95. The second-order valence-corrected chi connectivity index (χ2v) is 8.80. The summed E-state index contributed by atoms with van der Waals surface area (Å²) in [5, 5.41) is 9.06. The first-order chi connectivity index (χ1) is 19.7. The zero-order valence-electron chi connectivity index (χ0n) is 21.8. The lowest BCUT2D eigenvalue weighted by Crippen LogP contribution is -2.21. The number of hydrogen-bond donors (Lipinski definition) is 2. The van der Waals surface area contributed by atoms with Gasteiger partial charge in [-0.05, 0) is 67.1 Å². The normalized spacial score (nSPS) is 11.2. The number of anilines is 2. The van der Waals surface area contributed by atoms with Gasteiger partial charge < -0.3 is 15.4 Å². The number of aromatic nitrogens is 6. The molecule has 0 unspecified atom stereocenters. The molecule has 13 heteroatoms. The first-order valence-electron chi connectivity index (χ1n) is 12.4.